The lowest BCUT2D eigenvalue weighted by molar-refractivity contribution is -0.154. The zero-order valence-corrected chi connectivity index (χ0v) is 26.7. The molecule has 1 N–H and O–H groups in total. The molecule has 0 aromatic rings. The van der Waals surface area contributed by atoms with E-state index in [9.17, 15) is 9.59 Å². The third-order valence-corrected chi connectivity index (χ3v) is 9.31. The minimum Gasteiger partial charge on any atom is -0.469 e. The number of carbonyl (C=O) groups excluding carboxylic acids is 2. The Hall–Kier alpha value is -1.94. The average Bonchev–Trinajstić information content (AvgIpc) is 3.36. The summed E-state index contributed by atoms with van der Waals surface area (Å²) in [6.07, 6.45) is 8.86. The lowest BCUT2D eigenvalue weighted by atomic mass is 9.85. The smallest absolute Gasteiger partial charge is 0.410 e. The molecule has 0 aromatic heterocycles. The first-order chi connectivity index (χ1) is 19.5. The molecule has 1 amide bonds. The highest BCUT2D eigenvalue weighted by Gasteiger charge is 2.56. The first kappa shape index (κ1) is 33.6. The van der Waals surface area contributed by atoms with Crippen LogP contribution in [0.1, 0.15) is 73.6 Å². The van der Waals surface area contributed by atoms with E-state index in [4.69, 9.17) is 23.7 Å². The summed E-state index contributed by atoms with van der Waals surface area (Å²) in [5, 5.41) is 3.23. The normalized spacial score (nSPS) is 34.4. The molecule has 234 valence electrons. The molecule has 3 saturated heterocycles. The largest absolute Gasteiger partial charge is 0.469 e. The SMILES string of the molecule is CC[C@H](OC)[C@@H](C)[C@H]1O[C@]1(C)C[C@H](C)/C=C/C=C(\C)[C@H]1O[C@@H](CC(=O)OC)C[C@@H](OC(=O)N2CCC(NC)C2)[C@@H]1C. The molecule has 3 heterocycles. The van der Waals surface area contributed by atoms with Crippen molar-refractivity contribution in [3.63, 3.8) is 0 Å². The fourth-order valence-corrected chi connectivity index (χ4v) is 6.73. The Balaban J connectivity index is 1.62. The summed E-state index contributed by atoms with van der Waals surface area (Å²) in [4.78, 5) is 26.8. The fourth-order valence-electron chi connectivity index (χ4n) is 6.73. The van der Waals surface area contributed by atoms with Crippen molar-refractivity contribution in [2.24, 2.45) is 17.8 Å². The van der Waals surface area contributed by atoms with Crippen LogP contribution in [0, 0.1) is 17.8 Å². The fraction of sp³-hybridized carbons (Fsp3) is 0.812. The van der Waals surface area contributed by atoms with Crippen molar-refractivity contribution in [1.29, 1.82) is 0 Å². The maximum Gasteiger partial charge on any atom is 0.410 e. The molecule has 3 aliphatic rings. The molecule has 9 nitrogen and oxygen atoms in total. The van der Waals surface area contributed by atoms with Gasteiger partial charge in [-0.05, 0) is 51.6 Å². The number of likely N-dealkylation sites (N-methyl/N-ethyl adjacent to an activating group) is 1. The van der Waals surface area contributed by atoms with Crippen LogP contribution in [0.4, 0.5) is 4.79 Å². The molecule has 0 bridgehead atoms. The second-order valence-electron chi connectivity index (χ2n) is 12.6. The highest BCUT2D eigenvalue weighted by Crippen LogP contribution is 2.47. The van der Waals surface area contributed by atoms with Crippen molar-refractivity contribution in [3.05, 3.63) is 23.8 Å². The van der Waals surface area contributed by atoms with Gasteiger partial charge in [-0.2, -0.15) is 0 Å². The Morgan fingerprint density at radius 3 is 2.59 bits per heavy atom. The van der Waals surface area contributed by atoms with E-state index in [0.29, 0.717) is 31.3 Å². The van der Waals surface area contributed by atoms with Crippen molar-refractivity contribution in [3.8, 4) is 0 Å². The predicted molar refractivity (Wildman–Crippen MR) is 159 cm³/mol. The third kappa shape index (κ3) is 8.78. The van der Waals surface area contributed by atoms with Crippen LogP contribution < -0.4 is 5.32 Å². The lowest BCUT2D eigenvalue weighted by Gasteiger charge is -2.40. The molecule has 0 spiro atoms. The molecule has 3 rings (SSSR count). The van der Waals surface area contributed by atoms with Gasteiger partial charge in [0.2, 0.25) is 0 Å². The van der Waals surface area contributed by atoms with E-state index >= 15 is 0 Å². The van der Waals surface area contributed by atoms with Crippen LogP contribution in [0.15, 0.2) is 23.8 Å². The van der Waals surface area contributed by atoms with Crippen LogP contribution in [0.25, 0.3) is 0 Å². The van der Waals surface area contributed by atoms with Gasteiger partial charge in [-0.3, -0.25) is 4.79 Å². The van der Waals surface area contributed by atoms with E-state index in [0.717, 1.165) is 24.8 Å². The van der Waals surface area contributed by atoms with Crippen molar-refractivity contribution < 1.29 is 33.3 Å². The topological polar surface area (TPSA) is 98.9 Å². The lowest BCUT2D eigenvalue weighted by Crippen LogP contribution is -2.47. The molecular weight excluding hydrogens is 524 g/mol. The minimum absolute atomic E-state index is 0.0639. The number of hydrogen-bond acceptors (Lipinski definition) is 8. The first-order valence-electron chi connectivity index (χ1n) is 15.4. The number of likely N-dealkylation sites (tertiary alicyclic amines) is 1. The molecular formula is C32H54N2O7. The van der Waals surface area contributed by atoms with Gasteiger partial charge in [0.1, 0.15) is 6.10 Å². The number of rotatable bonds is 13. The van der Waals surface area contributed by atoms with Gasteiger partial charge < -0.3 is 33.9 Å². The molecule has 41 heavy (non-hydrogen) atoms. The molecule has 0 aliphatic carbocycles. The number of nitrogens with one attached hydrogen (secondary N) is 1. The van der Waals surface area contributed by atoms with Crippen molar-refractivity contribution >= 4 is 12.1 Å². The van der Waals surface area contributed by atoms with Crippen LogP contribution in [-0.2, 0) is 28.5 Å². The highest BCUT2D eigenvalue weighted by atomic mass is 16.6. The predicted octanol–water partition coefficient (Wildman–Crippen LogP) is 4.89. The number of carbonyl (C=O) groups is 2. The minimum atomic E-state index is -0.388. The van der Waals surface area contributed by atoms with Gasteiger partial charge in [0.15, 0.2) is 0 Å². The second kappa shape index (κ2) is 15.0. The van der Waals surface area contributed by atoms with E-state index in [2.05, 4.69) is 58.2 Å². The Morgan fingerprint density at radius 2 is 1.98 bits per heavy atom. The summed E-state index contributed by atoms with van der Waals surface area (Å²) in [5.74, 6) is 0.287. The quantitative estimate of drug-likeness (QED) is 0.187. The molecule has 9 heteroatoms. The van der Waals surface area contributed by atoms with Gasteiger partial charge in [-0.15, -0.1) is 0 Å². The van der Waals surface area contributed by atoms with Crippen molar-refractivity contribution in [2.75, 3.05) is 34.4 Å². The van der Waals surface area contributed by atoms with E-state index in [1.807, 2.05) is 14.0 Å². The van der Waals surface area contributed by atoms with E-state index < -0.39 is 0 Å². The van der Waals surface area contributed by atoms with Gasteiger partial charge in [0.05, 0.1) is 43.5 Å². The first-order valence-corrected chi connectivity index (χ1v) is 15.4. The Bertz CT molecular complexity index is 935. The number of epoxide rings is 1. The van der Waals surface area contributed by atoms with Crippen molar-refractivity contribution in [2.45, 2.75) is 116 Å². The van der Waals surface area contributed by atoms with E-state index in [1.54, 1.807) is 12.0 Å². The number of allylic oxidation sites excluding steroid dienone is 3. The number of ether oxygens (including phenoxy) is 5. The molecule has 0 radical (unpaired) electrons. The summed E-state index contributed by atoms with van der Waals surface area (Å²) in [5.41, 5.74) is 0.898. The van der Waals surface area contributed by atoms with Crippen molar-refractivity contribution in [1.82, 2.24) is 10.2 Å². The Kier molecular flexibility index (Phi) is 12.3. The standard InChI is InChI=1S/C32H54N2O7/c1-10-26(37-8)23(5)30-32(6,41-30)18-20(2)12-11-13-21(3)29-22(4)27(16-25(39-29)17-28(35)38-9)40-31(36)34-15-14-24(19-34)33-7/h11-13,20,22-27,29-30,33H,10,14-19H2,1-9H3/b12-11+,21-13+/t20-,22+,23-,24?,25-,26+,27-,29-,30-,32-/m1/s1. The molecule has 1 unspecified atom stereocenters. The monoisotopic (exact) mass is 578 g/mol. The van der Waals surface area contributed by atoms with E-state index in [-0.39, 0.29) is 66.6 Å². The van der Waals surface area contributed by atoms with Crippen LogP contribution in [0.3, 0.4) is 0 Å². The molecule has 0 saturated carbocycles. The number of amides is 1. The van der Waals surface area contributed by atoms with Crippen LogP contribution >= 0.6 is 0 Å². The second-order valence-corrected chi connectivity index (χ2v) is 12.6. The molecule has 10 atom stereocenters. The van der Waals surface area contributed by atoms with Gasteiger partial charge in [-0.25, -0.2) is 4.79 Å². The number of esters is 1. The van der Waals surface area contributed by atoms with Gasteiger partial charge in [-0.1, -0.05) is 45.9 Å². The van der Waals surface area contributed by atoms with Crippen LogP contribution in [0.2, 0.25) is 0 Å². The van der Waals surface area contributed by atoms with E-state index in [1.165, 1.54) is 7.11 Å². The molecule has 3 fully saturated rings. The summed E-state index contributed by atoms with van der Waals surface area (Å²) in [7, 11) is 5.06. The van der Waals surface area contributed by atoms with Gasteiger partial charge in [0.25, 0.3) is 0 Å². The molecule has 3 aliphatic heterocycles. The Labute approximate surface area is 247 Å². The zero-order chi connectivity index (χ0) is 30.3. The van der Waals surface area contributed by atoms with Gasteiger partial charge in [0, 0.05) is 44.5 Å². The summed E-state index contributed by atoms with van der Waals surface area (Å²) < 4.78 is 29.1. The molecule has 0 aromatic carbocycles. The highest BCUT2D eigenvalue weighted by molar-refractivity contribution is 5.70. The number of hydrogen-bond donors (Lipinski definition) is 1. The van der Waals surface area contributed by atoms with Crippen LogP contribution in [0.5, 0.6) is 0 Å². The van der Waals surface area contributed by atoms with Gasteiger partial charge >= 0.3 is 12.1 Å². The van der Waals surface area contributed by atoms with Crippen LogP contribution in [-0.4, -0.2) is 93.5 Å². The number of nitrogens with zero attached hydrogens (tertiary/aromatic N) is 1. The summed E-state index contributed by atoms with van der Waals surface area (Å²) in [6.45, 7) is 14.2. The number of methoxy groups -OCH3 is 2. The third-order valence-electron chi connectivity index (χ3n) is 9.31. The maximum absolute atomic E-state index is 13.0. The maximum atomic E-state index is 13.0. The zero-order valence-electron chi connectivity index (χ0n) is 26.7. The summed E-state index contributed by atoms with van der Waals surface area (Å²) >= 11 is 0. The average molecular weight is 579 g/mol. The Morgan fingerprint density at radius 1 is 1.24 bits per heavy atom. The summed E-state index contributed by atoms with van der Waals surface area (Å²) in [6, 6.07) is 0.288.